The molecular formula is H6Na6O7Si2. The van der Waals surface area contributed by atoms with Gasteiger partial charge in [-0.2, -0.15) is 0 Å². The van der Waals surface area contributed by atoms with E-state index in [1.165, 1.54) is 0 Å². The molecule has 0 unspecified atom stereocenters. The van der Waals surface area contributed by atoms with Gasteiger partial charge < -0.3 is 32.9 Å². The molecule has 0 aliphatic heterocycles. The molecule has 0 rings (SSSR count). The molecule has 0 heterocycles. The van der Waals surface area contributed by atoms with Crippen molar-refractivity contribution in [3.63, 3.8) is 0 Å². The third-order valence-corrected chi connectivity index (χ3v) is 2.46. The Morgan fingerprint density at radius 1 is 0.467 bits per heavy atom. The van der Waals surface area contributed by atoms with Crippen LogP contribution in [0.25, 0.3) is 0 Å². The molecule has 6 radical (unpaired) electrons. The fourth-order valence-electron chi connectivity index (χ4n) is 0.184. The predicted octanol–water partition coefficient (Wildman–Crippen LogP) is -6.46. The fraction of sp³-hybridized carbons (Fsp3) is 0. The van der Waals surface area contributed by atoms with Crippen LogP contribution >= 0.6 is 0 Å². The first-order chi connectivity index (χ1) is 3.71. The summed E-state index contributed by atoms with van der Waals surface area (Å²) in [6, 6.07) is 0. The summed E-state index contributed by atoms with van der Waals surface area (Å²) in [7, 11) is -9.96. The fourth-order valence-corrected chi connectivity index (χ4v) is 1.65. The van der Waals surface area contributed by atoms with Crippen molar-refractivity contribution in [1.82, 2.24) is 0 Å². The van der Waals surface area contributed by atoms with Gasteiger partial charge in [-0.3, -0.25) is 0 Å². The molecule has 0 fully saturated rings. The second-order valence-electron chi connectivity index (χ2n) is 1.25. The van der Waals surface area contributed by atoms with E-state index < -0.39 is 18.1 Å². The van der Waals surface area contributed by atoms with E-state index in [2.05, 4.69) is 4.12 Å². The molecule has 0 saturated heterocycles. The van der Waals surface area contributed by atoms with E-state index in [1.807, 2.05) is 0 Å². The Morgan fingerprint density at radius 2 is 0.600 bits per heavy atom. The summed E-state index contributed by atoms with van der Waals surface area (Å²) in [4.78, 5) is 47.6. The topological polar surface area (TPSA) is 131 Å². The molecule has 0 saturated carbocycles. The van der Waals surface area contributed by atoms with E-state index in [4.69, 9.17) is 28.8 Å². The third-order valence-electron chi connectivity index (χ3n) is 0.274. The van der Waals surface area contributed by atoms with Gasteiger partial charge >= 0.3 is 18.1 Å². The summed E-state index contributed by atoms with van der Waals surface area (Å²) >= 11 is 0. The van der Waals surface area contributed by atoms with Crippen LogP contribution in [0.3, 0.4) is 0 Å². The van der Waals surface area contributed by atoms with Gasteiger partial charge in [0.25, 0.3) is 0 Å². The van der Waals surface area contributed by atoms with E-state index in [1.54, 1.807) is 0 Å². The molecule has 0 spiro atoms. The van der Waals surface area contributed by atoms with Crippen LogP contribution in [-0.4, -0.2) is 224 Å². The van der Waals surface area contributed by atoms with Crippen molar-refractivity contribution in [2.75, 3.05) is 0 Å². The van der Waals surface area contributed by atoms with Crippen LogP contribution in [0.1, 0.15) is 0 Å². The van der Waals surface area contributed by atoms with Gasteiger partial charge in [0.15, 0.2) is 0 Å². The van der Waals surface area contributed by atoms with Gasteiger partial charge in [0.1, 0.15) is 0 Å². The standard InChI is InChI=1S/6Na.H6O7Si2/c;;;;;;1-8(2,3)7-9(4,5)6/h;;;;;;1-6H. The summed E-state index contributed by atoms with van der Waals surface area (Å²) in [5.74, 6) is 0. The Balaban J connectivity index is -0.0000000213. The minimum atomic E-state index is -4.98. The molecule has 0 bridgehead atoms. The minimum absolute atomic E-state index is 0. The summed E-state index contributed by atoms with van der Waals surface area (Å²) in [6.45, 7) is 0. The molecule has 0 aliphatic carbocycles. The zero-order valence-corrected chi connectivity index (χ0v) is 24.1. The zero-order valence-electron chi connectivity index (χ0n) is 10.1. The van der Waals surface area contributed by atoms with Gasteiger partial charge in [-0.05, 0) is 0 Å². The largest absolute Gasteiger partial charge is 0.665 e. The summed E-state index contributed by atoms with van der Waals surface area (Å²) in [6.07, 6.45) is 0. The number of hydrogen-bond donors (Lipinski definition) is 6. The van der Waals surface area contributed by atoms with Crippen molar-refractivity contribution in [1.29, 1.82) is 0 Å². The summed E-state index contributed by atoms with van der Waals surface area (Å²) in [5.41, 5.74) is 0. The Kier molecular flexibility index (Phi) is 57.6. The first kappa shape index (κ1) is 42.9. The molecule has 0 aromatic carbocycles. The molecule has 15 heavy (non-hydrogen) atoms. The normalized spacial score (nSPS) is 8.40. The van der Waals surface area contributed by atoms with Crippen LogP contribution in [0, 0.1) is 0 Å². The molecule has 7 nitrogen and oxygen atoms in total. The molecule has 0 aliphatic rings. The van der Waals surface area contributed by atoms with Crippen molar-refractivity contribution in [2.45, 2.75) is 0 Å². The quantitative estimate of drug-likeness (QED) is 0.280. The molecule has 0 amide bonds. The second-order valence-corrected chi connectivity index (χ2v) is 4.36. The van der Waals surface area contributed by atoms with Gasteiger partial charge in [-0.25, -0.2) is 0 Å². The van der Waals surface area contributed by atoms with Crippen molar-refractivity contribution in [2.24, 2.45) is 0 Å². The first-order valence-electron chi connectivity index (χ1n) is 1.75. The van der Waals surface area contributed by atoms with Gasteiger partial charge in [0, 0.05) is 177 Å². The van der Waals surface area contributed by atoms with Crippen LogP contribution in [0.2, 0.25) is 0 Å². The van der Waals surface area contributed by atoms with Crippen LogP contribution < -0.4 is 0 Å². The van der Waals surface area contributed by atoms with Gasteiger partial charge in [0.2, 0.25) is 0 Å². The SMILES string of the molecule is O[Si](O)(O)O[Si](O)(O)O.[Na].[Na].[Na].[Na].[Na].[Na]. The van der Waals surface area contributed by atoms with Gasteiger partial charge in [0.05, 0.1) is 0 Å². The maximum absolute atomic E-state index is 7.94. The summed E-state index contributed by atoms with van der Waals surface area (Å²) in [5, 5.41) is 0. The average Bonchev–Trinajstić information content (AvgIpc) is 1.14. The van der Waals surface area contributed by atoms with E-state index in [9.17, 15) is 0 Å². The zero-order chi connectivity index (χ0) is 7.71. The number of rotatable bonds is 2. The van der Waals surface area contributed by atoms with E-state index in [0.717, 1.165) is 0 Å². The van der Waals surface area contributed by atoms with E-state index >= 15 is 0 Å². The maximum Gasteiger partial charge on any atom is 0.665 e. The van der Waals surface area contributed by atoms with Crippen molar-refractivity contribution >= 4 is 195 Å². The predicted molar refractivity (Wildman–Crippen MR) is 60.4 cm³/mol. The van der Waals surface area contributed by atoms with Gasteiger partial charge in [-0.15, -0.1) is 0 Å². The Bertz CT molecular complexity index is 86.6. The Labute approximate surface area is 222 Å². The van der Waals surface area contributed by atoms with Crippen molar-refractivity contribution in [3.8, 4) is 0 Å². The summed E-state index contributed by atoms with van der Waals surface area (Å²) < 4.78 is 3.24. The average molecular weight is 312 g/mol. The Morgan fingerprint density at radius 3 is 0.600 bits per heavy atom. The van der Waals surface area contributed by atoms with E-state index in [0.29, 0.717) is 0 Å². The van der Waals surface area contributed by atoms with Crippen LogP contribution in [0.4, 0.5) is 0 Å². The van der Waals surface area contributed by atoms with Crippen molar-refractivity contribution in [3.05, 3.63) is 0 Å². The molecule has 0 atom stereocenters. The monoisotopic (exact) mass is 312 g/mol. The van der Waals surface area contributed by atoms with Crippen molar-refractivity contribution < 1.29 is 32.9 Å². The molecule has 62 valence electrons. The minimum Gasteiger partial charge on any atom is -0.368 e. The maximum atomic E-state index is 7.94. The van der Waals surface area contributed by atoms with Crippen LogP contribution in [0.5, 0.6) is 0 Å². The Hall–Kier alpha value is 6.15. The molecule has 0 aromatic rings. The third kappa shape index (κ3) is 45.0. The molecular weight excluding hydrogens is 306 g/mol. The molecule has 15 heteroatoms. The molecule has 0 aromatic heterocycles. The second kappa shape index (κ2) is 20.2. The van der Waals surface area contributed by atoms with Crippen LogP contribution in [-0.2, 0) is 4.12 Å². The molecule has 6 N–H and O–H groups in total. The number of hydrogen-bond acceptors (Lipinski definition) is 7. The first-order valence-corrected chi connectivity index (χ1v) is 5.25. The smallest absolute Gasteiger partial charge is 0.368 e. The van der Waals surface area contributed by atoms with Gasteiger partial charge in [-0.1, -0.05) is 0 Å². The van der Waals surface area contributed by atoms with Crippen LogP contribution in [0.15, 0.2) is 0 Å². The van der Waals surface area contributed by atoms with E-state index in [-0.39, 0.29) is 177 Å².